The fraction of sp³-hybridized carbons (Fsp3) is 0.857. The summed E-state index contributed by atoms with van der Waals surface area (Å²) in [5.74, 6) is -0.536. The molecule has 4 nitrogen and oxygen atoms in total. The summed E-state index contributed by atoms with van der Waals surface area (Å²) < 4.78 is 0. The first kappa shape index (κ1) is 11.7. The summed E-state index contributed by atoms with van der Waals surface area (Å²) in [6.07, 6.45) is 0.728. The van der Waals surface area contributed by atoms with Gasteiger partial charge in [-0.15, -0.1) is 12.4 Å². The number of nitrogens with one attached hydrogen (secondary N) is 1. The smallest absolute Gasteiger partial charge is 0.246 e. The van der Waals surface area contributed by atoms with Crippen LogP contribution in [-0.2, 0) is 4.79 Å². The van der Waals surface area contributed by atoms with E-state index in [1.54, 1.807) is 0 Å². The normalized spacial score (nSPS) is 21.1. The Kier molecular flexibility index (Phi) is 5.20. The highest BCUT2D eigenvalue weighted by atomic mass is 35.5. The van der Waals surface area contributed by atoms with Gasteiger partial charge in [-0.2, -0.15) is 0 Å². The minimum Gasteiger partial charge on any atom is -0.383 e. The maximum atomic E-state index is 10.6. The molecule has 1 aliphatic rings. The lowest BCUT2D eigenvalue weighted by atomic mass is 9.92. The van der Waals surface area contributed by atoms with Gasteiger partial charge in [0.15, 0.2) is 0 Å². The molecule has 0 bridgehead atoms. The Morgan fingerprint density at radius 1 is 1.50 bits per heavy atom. The number of primary amides is 1. The molecule has 1 amide bonds. The van der Waals surface area contributed by atoms with Gasteiger partial charge in [-0.25, -0.2) is 0 Å². The van der Waals surface area contributed by atoms with Crippen LogP contribution in [0.25, 0.3) is 0 Å². The number of hydrogen-bond donors (Lipinski definition) is 3. The Labute approximate surface area is 77.9 Å². The third-order valence-corrected chi connectivity index (χ3v) is 2.12. The molecule has 72 valence electrons. The molecule has 0 aromatic carbocycles. The minimum atomic E-state index is -0.947. The predicted octanol–water partition coefficient (Wildman–Crippen LogP) is -0.746. The molecule has 1 fully saturated rings. The van der Waals surface area contributed by atoms with Crippen molar-refractivity contribution in [2.24, 2.45) is 11.7 Å². The van der Waals surface area contributed by atoms with Crippen LogP contribution in [0.15, 0.2) is 0 Å². The molecule has 1 heterocycles. The van der Waals surface area contributed by atoms with Gasteiger partial charge < -0.3 is 16.2 Å². The Morgan fingerprint density at radius 2 is 2.00 bits per heavy atom. The van der Waals surface area contributed by atoms with Gasteiger partial charge in [0.2, 0.25) is 5.91 Å². The lowest BCUT2D eigenvalue weighted by molar-refractivity contribution is -0.129. The Hall–Kier alpha value is -0.320. The van der Waals surface area contributed by atoms with Crippen LogP contribution in [0.1, 0.15) is 12.8 Å². The number of amides is 1. The molecule has 0 aromatic heterocycles. The van der Waals surface area contributed by atoms with Gasteiger partial charge in [-0.3, -0.25) is 4.79 Å². The third-order valence-electron chi connectivity index (χ3n) is 2.12. The van der Waals surface area contributed by atoms with E-state index in [0.29, 0.717) is 0 Å². The van der Waals surface area contributed by atoms with E-state index in [-0.39, 0.29) is 18.3 Å². The van der Waals surface area contributed by atoms with Gasteiger partial charge in [-0.05, 0) is 31.8 Å². The zero-order valence-corrected chi connectivity index (χ0v) is 7.64. The molecule has 5 heteroatoms. The van der Waals surface area contributed by atoms with E-state index < -0.39 is 12.0 Å². The van der Waals surface area contributed by atoms with E-state index in [2.05, 4.69) is 5.32 Å². The monoisotopic (exact) mass is 194 g/mol. The molecule has 12 heavy (non-hydrogen) atoms. The number of hydrogen-bond acceptors (Lipinski definition) is 3. The Morgan fingerprint density at radius 3 is 2.42 bits per heavy atom. The van der Waals surface area contributed by atoms with Crippen molar-refractivity contribution in [1.29, 1.82) is 0 Å². The van der Waals surface area contributed by atoms with Crippen molar-refractivity contribution in [3.8, 4) is 0 Å². The zero-order valence-electron chi connectivity index (χ0n) is 6.82. The first-order chi connectivity index (χ1) is 5.22. The second-order valence-corrected chi connectivity index (χ2v) is 2.93. The van der Waals surface area contributed by atoms with E-state index in [1.165, 1.54) is 0 Å². The summed E-state index contributed by atoms with van der Waals surface area (Å²) in [5.41, 5.74) is 4.96. The summed E-state index contributed by atoms with van der Waals surface area (Å²) >= 11 is 0. The summed E-state index contributed by atoms with van der Waals surface area (Å²) in [4.78, 5) is 10.6. The number of aliphatic hydroxyl groups excluding tert-OH is 1. The molecule has 1 unspecified atom stereocenters. The molecule has 0 saturated carbocycles. The highest BCUT2D eigenvalue weighted by molar-refractivity contribution is 5.85. The van der Waals surface area contributed by atoms with Crippen molar-refractivity contribution < 1.29 is 9.90 Å². The molecule has 0 spiro atoms. The third kappa shape index (κ3) is 2.97. The van der Waals surface area contributed by atoms with Gasteiger partial charge in [0.05, 0.1) is 0 Å². The second kappa shape index (κ2) is 5.35. The average molecular weight is 195 g/mol. The summed E-state index contributed by atoms with van der Waals surface area (Å²) in [5, 5.41) is 12.4. The molecule has 4 N–H and O–H groups in total. The van der Waals surface area contributed by atoms with Crippen molar-refractivity contribution in [3.05, 3.63) is 0 Å². The van der Waals surface area contributed by atoms with Crippen molar-refractivity contribution >= 4 is 18.3 Å². The number of nitrogens with two attached hydrogens (primary N) is 1. The van der Waals surface area contributed by atoms with Crippen LogP contribution in [-0.4, -0.2) is 30.2 Å². The fourth-order valence-corrected chi connectivity index (χ4v) is 1.39. The number of piperidine rings is 1. The number of aliphatic hydroxyl groups is 1. The SMILES string of the molecule is Cl.NC(=O)C(O)C1CCNCC1. The summed E-state index contributed by atoms with van der Waals surface area (Å²) in [7, 11) is 0. The van der Waals surface area contributed by atoms with Crippen molar-refractivity contribution in [2.75, 3.05) is 13.1 Å². The summed E-state index contributed by atoms with van der Waals surface area (Å²) in [6.45, 7) is 1.74. The van der Waals surface area contributed by atoms with Gasteiger partial charge >= 0.3 is 0 Å². The second-order valence-electron chi connectivity index (χ2n) is 2.93. The fourth-order valence-electron chi connectivity index (χ4n) is 1.39. The van der Waals surface area contributed by atoms with Crippen LogP contribution < -0.4 is 11.1 Å². The van der Waals surface area contributed by atoms with E-state index in [1.807, 2.05) is 0 Å². The zero-order chi connectivity index (χ0) is 8.27. The standard InChI is InChI=1S/C7H14N2O2.ClH/c8-7(11)6(10)5-1-3-9-4-2-5;/h5-6,9-10H,1-4H2,(H2,8,11);1H. The van der Waals surface area contributed by atoms with Crippen LogP contribution in [0.3, 0.4) is 0 Å². The topological polar surface area (TPSA) is 75.4 Å². The number of halogens is 1. The van der Waals surface area contributed by atoms with Crippen molar-refractivity contribution in [3.63, 3.8) is 0 Å². The van der Waals surface area contributed by atoms with Crippen molar-refractivity contribution in [2.45, 2.75) is 18.9 Å². The van der Waals surface area contributed by atoms with E-state index >= 15 is 0 Å². The van der Waals surface area contributed by atoms with E-state index in [4.69, 9.17) is 5.73 Å². The Bertz CT molecular complexity index is 148. The Balaban J connectivity index is 0.00000121. The molecular formula is C7H15ClN2O2. The van der Waals surface area contributed by atoms with Crippen molar-refractivity contribution in [1.82, 2.24) is 5.32 Å². The first-order valence-electron chi connectivity index (χ1n) is 3.90. The quantitative estimate of drug-likeness (QED) is 0.542. The van der Waals surface area contributed by atoms with Gasteiger partial charge in [0.1, 0.15) is 6.10 Å². The van der Waals surface area contributed by atoms with Crippen LogP contribution in [0.2, 0.25) is 0 Å². The van der Waals surface area contributed by atoms with E-state index in [0.717, 1.165) is 25.9 Å². The lowest BCUT2D eigenvalue weighted by Gasteiger charge is -2.24. The number of rotatable bonds is 2. The molecule has 0 aliphatic carbocycles. The minimum absolute atomic E-state index is 0. The summed E-state index contributed by atoms with van der Waals surface area (Å²) in [6, 6.07) is 0. The molecule has 0 aromatic rings. The molecule has 1 aliphatic heterocycles. The highest BCUT2D eigenvalue weighted by Gasteiger charge is 2.25. The van der Waals surface area contributed by atoms with Gasteiger partial charge in [0, 0.05) is 0 Å². The molecular weight excluding hydrogens is 180 g/mol. The highest BCUT2D eigenvalue weighted by Crippen LogP contribution is 2.15. The maximum Gasteiger partial charge on any atom is 0.246 e. The van der Waals surface area contributed by atoms with Gasteiger partial charge in [-0.1, -0.05) is 0 Å². The maximum absolute atomic E-state index is 10.6. The average Bonchev–Trinajstić information content (AvgIpc) is 2.05. The molecule has 0 radical (unpaired) electrons. The largest absolute Gasteiger partial charge is 0.383 e. The molecule has 1 saturated heterocycles. The molecule has 1 rings (SSSR count). The van der Waals surface area contributed by atoms with E-state index in [9.17, 15) is 9.90 Å². The predicted molar refractivity (Wildman–Crippen MR) is 48.0 cm³/mol. The number of carbonyl (C=O) groups is 1. The lowest BCUT2D eigenvalue weighted by Crippen LogP contribution is -2.40. The number of carbonyl (C=O) groups excluding carboxylic acids is 1. The van der Waals surface area contributed by atoms with Crippen LogP contribution in [0.5, 0.6) is 0 Å². The van der Waals surface area contributed by atoms with Crippen LogP contribution in [0, 0.1) is 5.92 Å². The van der Waals surface area contributed by atoms with Crippen LogP contribution in [0.4, 0.5) is 0 Å². The first-order valence-corrected chi connectivity index (χ1v) is 3.90. The van der Waals surface area contributed by atoms with Gasteiger partial charge in [0.25, 0.3) is 0 Å². The molecule has 1 atom stereocenters. The van der Waals surface area contributed by atoms with Crippen LogP contribution >= 0.6 is 12.4 Å².